The number of amides is 3. The third kappa shape index (κ3) is 4.26. The normalized spacial score (nSPS) is 21.1. The van der Waals surface area contributed by atoms with Crippen LogP contribution in [-0.4, -0.2) is 35.7 Å². The van der Waals surface area contributed by atoms with Gasteiger partial charge in [0.05, 0.1) is 12.6 Å². The number of aliphatic hydroxyl groups is 1. The lowest BCUT2D eigenvalue weighted by molar-refractivity contribution is -0.122. The summed E-state index contributed by atoms with van der Waals surface area (Å²) in [5, 5.41) is 16.9. The number of nitrogens with one attached hydrogen (secondary N) is 3. The predicted octanol–water partition coefficient (Wildman–Crippen LogP) is 0.448. The number of urea groups is 1. The van der Waals surface area contributed by atoms with E-state index in [0.717, 1.165) is 0 Å². The highest BCUT2D eigenvalue weighted by Crippen LogP contribution is 2.18. The molecule has 0 radical (unpaired) electrons. The van der Waals surface area contributed by atoms with Crippen LogP contribution >= 0.6 is 0 Å². The van der Waals surface area contributed by atoms with Crippen molar-refractivity contribution in [1.82, 2.24) is 10.6 Å². The summed E-state index contributed by atoms with van der Waals surface area (Å²) in [6.07, 6.45) is 0.865. The zero-order valence-electron chi connectivity index (χ0n) is 10.4. The average Bonchev–Trinajstić information content (AvgIpc) is 2.36. The van der Waals surface area contributed by atoms with Crippen molar-refractivity contribution in [3.63, 3.8) is 0 Å². The van der Waals surface area contributed by atoms with Gasteiger partial charge in [-0.05, 0) is 25.0 Å². The first-order valence-electron chi connectivity index (χ1n) is 6.21. The molecule has 0 aromatic heterocycles. The van der Waals surface area contributed by atoms with Gasteiger partial charge in [-0.25, -0.2) is 4.79 Å². The molecule has 1 aliphatic rings. The molecule has 6 nitrogen and oxygen atoms in total. The van der Waals surface area contributed by atoms with Crippen LogP contribution in [0.25, 0.3) is 0 Å². The van der Waals surface area contributed by atoms with Crippen LogP contribution in [0.3, 0.4) is 0 Å². The van der Waals surface area contributed by atoms with E-state index in [-0.39, 0.29) is 24.6 Å². The number of aliphatic hydroxyl groups excluding tert-OH is 1. The highest BCUT2D eigenvalue weighted by Gasteiger charge is 2.28. The second kappa shape index (κ2) is 6.19. The lowest BCUT2D eigenvalue weighted by atomic mass is 9.89. The Kier molecular flexibility index (Phi) is 4.35. The Labute approximate surface area is 111 Å². The third-order valence-electron chi connectivity index (χ3n) is 2.92. The fourth-order valence-electron chi connectivity index (χ4n) is 1.84. The van der Waals surface area contributed by atoms with Crippen molar-refractivity contribution in [3.8, 4) is 0 Å². The largest absolute Gasteiger partial charge is 0.393 e. The Morgan fingerprint density at radius 2 is 1.89 bits per heavy atom. The van der Waals surface area contributed by atoms with E-state index in [1.54, 1.807) is 12.1 Å². The number of hydrogen-bond donors (Lipinski definition) is 4. The first-order chi connectivity index (χ1) is 9.13. The Balaban J connectivity index is 1.64. The zero-order chi connectivity index (χ0) is 13.7. The van der Waals surface area contributed by atoms with Crippen molar-refractivity contribution in [2.24, 2.45) is 0 Å². The number of carbonyl (C=O) groups is 2. The molecule has 1 fully saturated rings. The molecule has 0 spiro atoms. The molecular weight excluding hydrogens is 246 g/mol. The molecule has 0 bridgehead atoms. The summed E-state index contributed by atoms with van der Waals surface area (Å²) >= 11 is 0. The summed E-state index contributed by atoms with van der Waals surface area (Å²) in [6.45, 7) is -0.0781. The molecule has 19 heavy (non-hydrogen) atoms. The Hall–Kier alpha value is -2.08. The topological polar surface area (TPSA) is 90.5 Å². The van der Waals surface area contributed by atoms with Crippen molar-refractivity contribution in [3.05, 3.63) is 30.3 Å². The van der Waals surface area contributed by atoms with Crippen LogP contribution in [0.1, 0.15) is 12.8 Å². The Morgan fingerprint density at radius 1 is 1.21 bits per heavy atom. The summed E-state index contributed by atoms with van der Waals surface area (Å²) in [5.41, 5.74) is 0.669. The van der Waals surface area contributed by atoms with Crippen molar-refractivity contribution >= 4 is 17.6 Å². The minimum absolute atomic E-state index is 0.0292. The second-order valence-corrected chi connectivity index (χ2v) is 4.56. The molecule has 1 aromatic carbocycles. The van der Waals surface area contributed by atoms with Crippen LogP contribution in [0.4, 0.5) is 10.5 Å². The van der Waals surface area contributed by atoms with E-state index in [2.05, 4.69) is 16.0 Å². The van der Waals surface area contributed by atoms with Crippen LogP contribution in [0.2, 0.25) is 0 Å². The molecule has 0 aliphatic heterocycles. The van der Waals surface area contributed by atoms with Crippen LogP contribution in [-0.2, 0) is 4.79 Å². The lowest BCUT2D eigenvalue weighted by Crippen LogP contribution is -2.49. The summed E-state index contributed by atoms with van der Waals surface area (Å²) in [6, 6.07) is 8.60. The minimum atomic E-state index is -0.421. The van der Waals surface area contributed by atoms with E-state index >= 15 is 0 Å². The fraction of sp³-hybridized carbons (Fsp3) is 0.385. The minimum Gasteiger partial charge on any atom is -0.393 e. The van der Waals surface area contributed by atoms with E-state index in [0.29, 0.717) is 18.5 Å². The van der Waals surface area contributed by atoms with Crippen LogP contribution in [0.15, 0.2) is 30.3 Å². The molecule has 0 heterocycles. The molecule has 4 N–H and O–H groups in total. The molecule has 0 unspecified atom stereocenters. The lowest BCUT2D eigenvalue weighted by Gasteiger charge is -2.31. The first kappa shape index (κ1) is 13.4. The molecule has 3 amide bonds. The number of rotatable bonds is 4. The van der Waals surface area contributed by atoms with E-state index in [1.165, 1.54) is 0 Å². The van der Waals surface area contributed by atoms with Gasteiger partial charge in [-0.1, -0.05) is 18.2 Å². The smallest absolute Gasteiger partial charge is 0.319 e. The first-order valence-corrected chi connectivity index (χ1v) is 6.21. The van der Waals surface area contributed by atoms with Gasteiger partial charge >= 0.3 is 6.03 Å². The van der Waals surface area contributed by atoms with Crippen molar-refractivity contribution in [2.75, 3.05) is 11.9 Å². The van der Waals surface area contributed by atoms with E-state index in [9.17, 15) is 9.59 Å². The highest BCUT2D eigenvalue weighted by atomic mass is 16.3. The third-order valence-corrected chi connectivity index (χ3v) is 2.92. The molecule has 0 atom stereocenters. The number of para-hydroxylation sites is 1. The van der Waals surface area contributed by atoms with E-state index < -0.39 is 6.03 Å². The average molecular weight is 263 g/mol. The van der Waals surface area contributed by atoms with Gasteiger partial charge in [0.1, 0.15) is 0 Å². The maximum atomic E-state index is 11.5. The van der Waals surface area contributed by atoms with Gasteiger partial charge in [0.15, 0.2) is 0 Å². The standard InChI is InChI=1S/C13H17N3O3/c17-11-6-10(7-11)15-12(18)8-14-13(19)16-9-4-2-1-3-5-9/h1-5,10-11,17H,6-8H2,(H,15,18)(H2,14,16,19). The molecular formula is C13H17N3O3. The van der Waals surface area contributed by atoms with Crippen molar-refractivity contribution in [1.29, 1.82) is 0 Å². The Morgan fingerprint density at radius 3 is 2.53 bits per heavy atom. The highest BCUT2D eigenvalue weighted by molar-refractivity contribution is 5.92. The zero-order valence-corrected chi connectivity index (χ0v) is 10.4. The maximum Gasteiger partial charge on any atom is 0.319 e. The van der Waals surface area contributed by atoms with Crippen LogP contribution in [0, 0.1) is 0 Å². The molecule has 0 saturated heterocycles. The number of carbonyl (C=O) groups excluding carboxylic acids is 2. The second-order valence-electron chi connectivity index (χ2n) is 4.56. The number of anilines is 1. The summed E-state index contributed by atoms with van der Waals surface area (Å²) in [5.74, 6) is -0.250. The van der Waals surface area contributed by atoms with Gasteiger partial charge in [0, 0.05) is 11.7 Å². The van der Waals surface area contributed by atoms with Crippen molar-refractivity contribution < 1.29 is 14.7 Å². The molecule has 102 valence electrons. The summed E-state index contributed by atoms with van der Waals surface area (Å²) in [4.78, 5) is 23.0. The monoisotopic (exact) mass is 263 g/mol. The van der Waals surface area contributed by atoms with Gasteiger partial charge in [-0.15, -0.1) is 0 Å². The van der Waals surface area contributed by atoms with Crippen LogP contribution in [0.5, 0.6) is 0 Å². The van der Waals surface area contributed by atoms with Gasteiger partial charge in [0.25, 0.3) is 0 Å². The van der Waals surface area contributed by atoms with Crippen LogP contribution < -0.4 is 16.0 Å². The quantitative estimate of drug-likeness (QED) is 0.635. The molecule has 1 aromatic rings. The van der Waals surface area contributed by atoms with E-state index in [4.69, 9.17) is 5.11 Å². The summed E-state index contributed by atoms with van der Waals surface area (Å²) in [7, 11) is 0. The SMILES string of the molecule is O=C(CNC(=O)Nc1ccccc1)NC1CC(O)C1. The fourth-order valence-corrected chi connectivity index (χ4v) is 1.84. The predicted molar refractivity (Wildman–Crippen MR) is 70.6 cm³/mol. The Bertz CT molecular complexity index is 444. The molecule has 1 saturated carbocycles. The number of hydrogen-bond acceptors (Lipinski definition) is 3. The van der Waals surface area contributed by atoms with Gasteiger partial charge in [0.2, 0.25) is 5.91 Å². The molecule has 6 heteroatoms. The number of benzene rings is 1. The van der Waals surface area contributed by atoms with Gasteiger partial charge in [-0.3, -0.25) is 4.79 Å². The molecule has 1 aliphatic carbocycles. The van der Waals surface area contributed by atoms with Gasteiger partial charge < -0.3 is 21.1 Å². The van der Waals surface area contributed by atoms with Crippen molar-refractivity contribution in [2.45, 2.75) is 25.0 Å². The maximum absolute atomic E-state index is 11.5. The van der Waals surface area contributed by atoms with Gasteiger partial charge in [-0.2, -0.15) is 0 Å². The van der Waals surface area contributed by atoms with E-state index in [1.807, 2.05) is 18.2 Å². The summed E-state index contributed by atoms with van der Waals surface area (Å²) < 4.78 is 0. The molecule has 2 rings (SSSR count).